The Morgan fingerprint density at radius 3 is 2.45 bits per heavy atom. The molecule has 1 atom stereocenters. The number of halogens is 4. The van der Waals surface area contributed by atoms with E-state index in [9.17, 15) is 13.2 Å². The van der Waals surface area contributed by atoms with Gasteiger partial charge in [-0.3, -0.25) is 0 Å². The minimum absolute atomic E-state index is 0.0132. The number of benzene rings is 1. The Bertz CT molecular complexity index is 418. The van der Waals surface area contributed by atoms with Crippen LogP contribution in [0.1, 0.15) is 56.7 Å². The zero-order valence-corrected chi connectivity index (χ0v) is 13.4. The van der Waals surface area contributed by atoms with Gasteiger partial charge < -0.3 is 5.32 Å². The molecule has 0 aromatic heterocycles. The highest BCUT2D eigenvalue weighted by Gasteiger charge is 2.33. The van der Waals surface area contributed by atoms with Crippen molar-refractivity contribution in [3.05, 3.63) is 33.8 Å². The third kappa shape index (κ3) is 5.09. The van der Waals surface area contributed by atoms with Crippen molar-refractivity contribution < 1.29 is 13.2 Å². The molecule has 0 fully saturated rings. The van der Waals surface area contributed by atoms with Crippen molar-refractivity contribution in [2.75, 3.05) is 6.54 Å². The fourth-order valence-electron chi connectivity index (χ4n) is 2.21. The second-order valence-electron chi connectivity index (χ2n) is 4.84. The molecule has 0 radical (unpaired) electrons. The van der Waals surface area contributed by atoms with E-state index in [1.807, 2.05) is 6.92 Å². The molecule has 1 aromatic rings. The van der Waals surface area contributed by atoms with Gasteiger partial charge in [-0.2, -0.15) is 13.2 Å². The van der Waals surface area contributed by atoms with E-state index in [1.54, 1.807) is 6.07 Å². The molecule has 0 aliphatic carbocycles. The molecule has 0 aliphatic heterocycles. The molecule has 1 aromatic carbocycles. The molecule has 0 saturated carbocycles. The zero-order chi connectivity index (χ0) is 15.2. The Morgan fingerprint density at radius 2 is 1.90 bits per heavy atom. The second kappa shape index (κ2) is 8.03. The monoisotopic (exact) mass is 351 g/mol. The van der Waals surface area contributed by atoms with Gasteiger partial charge >= 0.3 is 6.18 Å². The Kier molecular flexibility index (Phi) is 7.03. The topological polar surface area (TPSA) is 12.0 Å². The number of rotatable bonds is 7. The van der Waals surface area contributed by atoms with Gasteiger partial charge in [0.05, 0.1) is 5.56 Å². The standard InChI is InChI=1S/C15H21BrF3N/c1-3-5-6-7-14(20-4-2)11-8-9-13(16)12(10-11)15(17,18)19/h8-10,14,20H,3-7H2,1-2H3. The van der Waals surface area contributed by atoms with Gasteiger partial charge in [-0.25, -0.2) is 0 Å². The lowest BCUT2D eigenvalue weighted by Crippen LogP contribution is -2.21. The molecular formula is C15H21BrF3N. The summed E-state index contributed by atoms with van der Waals surface area (Å²) in [6.07, 6.45) is -0.237. The van der Waals surface area contributed by atoms with Crippen LogP contribution in [0, 0.1) is 0 Å². The SMILES string of the molecule is CCCCCC(NCC)c1ccc(Br)c(C(F)(F)F)c1. The van der Waals surface area contributed by atoms with Crippen LogP contribution < -0.4 is 5.32 Å². The molecule has 1 N–H and O–H groups in total. The predicted octanol–water partition coefficient (Wildman–Crippen LogP) is 5.70. The van der Waals surface area contributed by atoms with Crippen LogP contribution in [0.15, 0.2) is 22.7 Å². The molecule has 114 valence electrons. The van der Waals surface area contributed by atoms with Gasteiger partial charge in [-0.1, -0.05) is 55.1 Å². The molecule has 0 saturated heterocycles. The average molecular weight is 352 g/mol. The highest BCUT2D eigenvalue weighted by atomic mass is 79.9. The quantitative estimate of drug-likeness (QED) is 0.621. The first-order valence-electron chi connectivity index (χ1n) is 7.00. The summed E-state index contributed by atoms with van der Waals surface area (Å²) in [4.78, 5) is 0. The Hall–Kier alpha value is -0.550. The van der Waals surface area contributed by atoms with E-state index in [0.29, 0.717) is 5.56 Å². The van der Waals surface area contributed by atoms with Gasteiger partial charge in [0.25, 0.3) is 0 Å². The predicted molar refractivity (Wildman–Crippen MR) is 79.7 cm³/mol. The van der Waals surface area contributed by atoms with Crippen LogP contribution in [0.3, 0.4) is 0 Å². The lowest BCUT2D eigenvalue weighted by Gasteiger charge is -2.20. The van der Waals surface area contributed by atoms with E-state index in [0.717, 1.165) is 32.2 Å². The maximum atomic E-state index is 12.9. The molecule has 1 unspecified atom stereocenters. The summed E-state index contributed by atoms with van der Waals surface area (Å²) in [7, 11) is 0. The molecule has 1 nitrogen and oxygen atoms in total. The first-order valence-corrected chi connectivity index (χ1v) is 7.79. The van der Waals surface area contributed by atoms with Crippen LogP contribution in [0.25, 0.3) is 0 Å². The molecule has 0 bridgehead atoms. The lowest BCUT2D eigenvalue weighted by molar-refractivity contribution is -0.138. The van der Waals surface area contributed by atoms with Gasteiger partial charge in [-0.15, -0.1) is 0 Å². The van der Waals surface area contributed by atoms with Crippen molar-refractivity contribution in [2.45, 2.75) is 51.7 Å². The van der Waals surface area contributed by atoms with Gasteiger partial charge in [0.2, 0.25) is 0 Å². The Balaban J connectivity index is 2.96. The Labute approximate surface area is 127 Å². The fourth-order valence-corrected chi connectivity index (χ4v) is 2.68. The van der Waals surface area contributed by atoms with Crippen molar-refractivity contribution in [3.63, 3.8) is 0 Å². The van der Waals surface area contributed by atoms with Crippen LogP contribution in [0.2, 0.25) is 0 Å². The maximum absolute atomic E-state index is 12.9. The van der Waals surface area contributed by atoms with E-state index in [-0.39, 0.29) is 10.5 Å². The summed E-state index contributed by atoms with van der Waals surface area (Å²) in [5.74, 6) is 0. The summed E-state index contributed by atoms with van der Waals surface area (Å²) in [6, 6.07) is 4.49. The highest BCUT2D eigenvalue weighted by molar-refractivity contribution is 9.10. The van der Waals surface area contributed by atoms with E-state index in [1.165, 1.54) is 12.1 Å². The minimum Gasteiger partial charge on any atom is -0.310 e. The third-order valence-corrected chi connectivity index (χ3v) is 3.94. The van der Waals surface area contributed by atoms with Crippen molar-refractivity contribution in [2.24, 2.45) is 0 Å². The second-order valence-corrected chi connectivity index (χ2v) is 5.70. The summed E-state index contributed by atoms with van der Waals surface area (Å²) in [5.41, 5.74) is 0.104. The van der Waals surface area contributed by atoms with E-state index < -0.39 is 11.7 Å². The first-order chi connectivity index (χ1) is 9.40. The van der Waals surface area contributed by atoms with Crippen LogP contribution in [-0.4, -0.2) is 6.54 Å². The van der Waals surface area contributed by atoms with E-state index in [4.69, 9.17) is 0 Å². The van der Waals surface area contributed by atoms with Gasteiger partial charge in [0.15, 0.2) is 0 Å². The van der Waals surface area contributed by atoms with E-state index >= 15 is 0 Å². The van der Waals surface area contributed by atoms with Crippen molar-refractivity contribution in [1.82, 2.24) is 5.32 Å². The molecule has 0 heterocycles. The van der Waals surface area contributed by atoms with Crippen LogP contribution in [0.5, 0.6) is 0 Å². The molecule has 0 spiro atoms. The average Bonchev–Trinajstić information content (AvgIpc) is 2.37. The number of hydrogen-bond acceptors (Lipinski definition) is 1. The van der Waals surface area contributed by atoms with Crippen LogP contribution in [0.4, 0.5) is 13.2 Å². The molecule has 20 heavy (non-hydrogen) atoms. The number of nitrogens with one attached hydrogen (secondary N) is 1. The van der Waals surface area contributed by atoms with Crippen LogP contribution >= 0.6 is 15.9 Å². The smallest absolute Gasteiger partial charge is 0.310 e. The fraction of sp³-hybridized carbons (Fsp3) is 0.600. The maximum Gasteiger partial charge on any atom is 0.417 e. The van der Waals surface area contributed by atoms with Crippen LogP contribution in [-0.2, 0) is 6.18 Å². The van der Waals surface area contributed by atoms with Crippen molar-refractivity contribution in [3.8, 4) is 0 Å². The molecule has 5 heteroatoms. The molecule has 0 amide bonds. The summed E-state index contributed by atoms with van der Waals surface area (Å²) in [5, 5.41) is 3.27. The highest BCUT2D eigenvalue weighted by Crippen LogP contribution is 2.36. The zero-order valence-electron chi connectivity index (χ0n) is 11.9. The third-order valence-electron chi connectivity index (χ3n) is 3.25. The van der Waals surface area contributed by atoms with E-state index in [2.05, 4.69) is 28.2 Å². The van der Waals surface area contributed by atoms with Gasteiger partial charge in [-0.05, 0) is 30.7 Å². The largest absolute Gasteiger partial charge is 0.417 e. The first kappa shape index (κ1) is 17.5. The normalized spacial score (nSPS) is 13.5. The van der Waals surface area contributed by atoms with Crippen molar-refractivity contribution >= 4 is 15.9 Å². The number of unbranched alkanes of at least 4 members (excludes halogenated alkanes) is 2. The number of hydrogen-bond donors (Lipinski definition) is 1. The Morgan fingerprint density at radius 1 is 1.20 bits per heavy atom. The molecular weight excluding hydrogens is 331 g/mol. The van der Waals surface area contributed by atoms with Gasteiger partial charge in [0.1, 0.15) is 0 Å². The van der Waals surface area contributed by atoms with Gasteiger partial charge in [0, 0.05) is 10.5 Å². The lowest BCUT2D eigenvalue weighted by atomic mass is 9.98. The minimum atomic E-state index is -4.32. The summed E-state index contributed by atoms with van der Waals surface area (Å²) < 4.78 is 38.9. The number of alkyl halides is 3. The molecule has 1 rings (SSSR count). The summed E-state index contributed by atoms with van der Waals surface area (Å²) in [6.45, 7) is 4.83. The van der Waals surface area contributed by atoms with Crippen molar-refractivity contribution in [1.29, 1.82) is 0 Å². The summed E-state index contributed by atoms with van der Waals surface area (Å²) >= 11 is 2.98. The molecule has 0 aliphatic rings.